The number of halogens is 2. The predicted molar refractivity (Wildman–Crippen MR) is 79.4 cm³/mol. The highest BCUT2D eigenvalue weighted by Gasteiger charge is 2.24. The quantitative estimate of drug-likeness (QED) is 0.850. The van der Waals surface area contributed by atoms with Crippen molar-refractivity contribution in [2.24, 2.45) is 0 Å². The first-order chi connectivity index (χ1) is 8.93. The highest BCUT2D eigenvalue weighted by atomic mass is 35.5. The summed E-state index contributed by atoms with van der Waals surface area (Å²) in [4.78, 5) is 0.991. The van der Waals surface area contributed by atoms with Gasteiger partial charge in [0, 0.05) is 18.5 Å². The van der Waals surface area contributed by atoms with E-state index in [-0.39, 0.29) is 14.9 Å². The fourth-order valence-electron chi connectivity index (χ4n) is 1.56. The second-order valence-electron chi connectivity index (χ2n) is 3.89. The van der Waals surface area contributed by atoms with Gasteiger partial charge in [0.05, 0.1) is 10.0 Å². The summed E-state index contributed by atoms with van der Waals surface area (Å²) in [5.74, 6) is 0. The number of hydrogen-bond acceptors (Lipinski definition) is 3. The SMILES string of the molecule is CN(Cc1cccs1)S(=O)(=O)c1cccc(Cl)c1Cl. The van der Waals surface area contributed by atoms with Crippen molar-refractivity contribution in [1.82, 2.24) is 4.31 Å². The third-order valence-electron chi connectivity index (χ3n) is 2.56. The number of nitrogens with zero attached hydrogens (tertiary/aromatic N) is 1. The Hall–Kier alpha value is -0.590. The van der Waals surface area contributed by atoms with Crippen LogP contribution in [0.15, 0.2) is 40.6 Å². The Morgan fingerprint density at radius 3 is 2.58 bits per heavy atom. The molecule has 2 rings (SSSR count). The van der Waals surface area contributed by atoms with Crippen LogP contribution in [0.1, 0.15) is 4.88 Å². The Morgan fingerprint density at radius 2 is 1.95 bits per heavy atom. The lowest BCUT2D eigenvalue weighted by molar-refractivity contribution is 0.469. The zero-order valence-electron chi connectivity index (χ0n) is 10.0. The Morgan fingerprint density at radius 1 is 1.21 bits per heavy atom. The van der Waals surface area contributed by atoms with E-state index in [1.807, 2.05) is 17.5 Å². The molecule has 0 aliphatic heterocycles. The van der Waals surface area contributed by atoms with Gasteiger partial charge in [0.1, 0.15) is 4.90 Å². The van der Waals surface area contributed by atoms with Crippen molar-refractivity contribution < 1.29 is 8.42 Å². The molecule has 0 spiro atoms. The van der Waals surface area contributed by atoms with Crippen LogP contribution in [0.25, 0.3) is 0 Å². The maximum absolute atomic E-state index is 12.4. The normalized spacial score (nSPS) is 12.0. The summed E-state index contributed by atoms with van der Waals surface area (Å²) >= 11 is 13.3. The summed E-state index contributed by atoms with van der Waals surface area (Å²) < 4.78 is 26.1. The zero-order chi connectivity index (χ0) is 14.0. The summed E-state index contributed by atoms with van der Waals surface area (Å²) in [6, 6.07) is 8.35. The van der Waals surface area contributed by atoms with Gasteiger partial charge in [-0.15, -0.1) is 11.3 Å². The summed E-state index contributed by atoms with van der Waals surface area (Å²) in [5, 5.41) is 2.19. The van der Waals surface area contributed by atoms with E-state index in [2.05, 4.69) is 0 Å². The van der Waals surface area contributed by atoms with Gasteiger partial charge in [0.15, 0.2) is 0 Å². The maximum Gasteiger partial charge on any atom is 0.244 e. The lowest BCUT2D eigenvalue weighted by atomic mass is 10.4. The molecule has 2 aromatic rings. The first-order valence-corrected chi connectivity index (χ1v) is 8.43. The second-order valence-corrected chi connectivity index (χ2v) is 7.72. The van der Waals surface area contributed by atoms with E-state index in [1.54, 1.807) is 12.1 Å². The molecule has 0 fully saturated rings. The van der Waals surface area contributed by atoms with Gasteiger partial charge in [-0.2, -0.15) is 4.31 Å². The van der Waals surface area contributed by atoms with Gasteiger partial charge >= 0.3 is 0 Å². The monoisotopic (exact) mass is 335 g/mol. The predicted octanol–water partition coefficient (Wildman–Crippen LogP) is 3.88. The molecule has 0 atom stereocenters. The van der Waals surface area contributed by atoms with Crippen LogP contribution in [0.2, 0.25) is 10.0 Å². The molecule has 1 aromatic heterocycles. The molecule has 1 aromatic carbocycles. The average molecular weight is 336 g/mol. The molecule has 7 heteroatoms. The van der Waals surface area contributed by atoms with Crippen LogP contribution in [0.5, 0.6) is 0 Å². The first kappa shape index (κ1) is 14.8. The smallest absolute Gasteiger partial charge is 0.207 e. The van der Waals surface area contributed by atoms with E-state index in [9.17, 15) is 8.42 Å². The Bertz CT molecular complexity index is 669. The van der Waals surface area contributed by atoms with Gasteiger partial charge in [0.2, 0.25) is 10.0 Å². The first-order valence-electron chi connectivity index (χ1n) is 5.35. The standard InChI is InChI=1S/C12H11Cl2NO2S2/c1-15(8-9-4-3-7-18-9)19(16,17)11-6-2-5-10(13)12(11)14/h2-7H,8H2,1H3. The molecule has 0 bridgehead atoms. The van der Waals surface area contributed by atoms with E-state index in [0.717, 1.165) is 4.88 Å². The Labute approximate surface area is 126 Å². The van der Waals surface area contributed by atoms with Gasteiger partial charge in [-0.3, -0.25) is 0 Å². The largest absolute Gasteiger partial charge is 0.244 e. The number of hydrogen-bond donors (Lipinski definition) is 0. The fourth-order valence-corrected chi connectivity index (χ4v) is 4.28. The molecule has 0 aliphatic rings. The van der Waals surface area contributed by atoms with Crippen molar-refractivity contribution in [3.8, 4) is 0 Å². The van der Waals surface area contributed by atoms with Crippen LogP contribution >= 0.6 is 34.5 Å². The molecule has 0 amide bonds. The molecule has 19 heavy (non-hydrogen) atoms. The zero-order valence-corrected chi connectivity index (χ0v) is 13.2. The topological polar surface area (TPSA) is 37.4 Å². The van der Waals surface area contributed by atoms with E-state index >= 15 is 0 Å². The van der Waals surface area contributed by atoms with Crippen molar-refractivity contribution >= 4 is 44.6 Å². The lowest BCUT2D eigenvalue weighted by Gasteiger charge is -2.17. The fraction of sp³-hybridized carbons (Fsp3) is 0.167. The van der Waals surface area contributed by atoms with Crippen molar-refractivity contribution in [2.45, 2.75) is 11.4 Å². The molecule has 0 saturated carbocycles. The lowest BCUT2D eigenvalue weighted by Crippen LogP contribution is -2.26. The second kappa shape index (κ2) is 5.81. The van der Waals surface area contributed by atoms with E-state index in [4.69, 9.17) is 23.2 Å². The number of benzene rings is 1. The van der Waals surface area contributed by atoms with Crippen molar-refractivity contribution in [3.05, 3.63) is 50.6 Å². The molecule has 0 aliphatic carbocycles. The van der Waals surface area contributed by atoms with Crippen molar-refractivity contribution in [3.63, 3.8) is 0 Å². The third-order valence-corrected chi connectivity index (χ3v) is 6.20. The van der Waals surface area contributed by atoms with Crippen LogP contribution in [0.4, 0.5) is 0 Å². The summed E-state index contributed by atoms with van der Waals surface area (Å²) in [7, 11) is -2.12. The highest BCUT2D eigenvalue weighted by molar-refractivity contribution is 7.89. The number of rotatable bonds is 4. The minimum Gasteiger partial charge on any atom is -0.207 e. The van der Waals surface area contributed by atoms with E-state index < -0.39 is 10.0 Å². The van der Waals surface area contributed by atoms with E-state index in [1.165, 1.54) is 28.8 Å². The average Bonchev–Trinajstić information content (AvgIpc) is 2.85. The minimum absolute atomic E-state index is 0.0284. The van der Waals surface area contributed by atoms with Gasteiger partial charge in [0.25, 0.3) is 0 Å². The van der Waals surface area contributed by atoms with Crippen LogP contribution in [0.3, 0.4) is 0 Å². The molecular weight excluding hydrogens is 325 g/mol. The summed E-state index contributed by atoms with van der Waals surface area (Å²) in [6.45, 7) is 0.308. The van der Waals surface area contributed by atoms with Gasteiger partial charge in [-0.1, -0.05) is 35.3 Å². The van der Waals surface area contributed by atoms with Gasteiger partial charge < -0.3 is 0 Å². The molecule has 0 N–H and O–H groups in total. The van der Waals surface area contributed by atoms with Crippen LogP contribution < -0.4 is 0 Å². The Kier molecular flexibility index (Phi) is 4.53. The minimum atomic E-state index is -3.64. The number of thiophene rings is 1. The maximum atomic E-state index is 12.4. The van der Waals surface area contributed by atoms with Crippen molar-refractivity contribution in [2.75, 3.05) is 7.05 Å². The van der Waals surface area contributed by atoms with Crippen LogP contribution in [-0.2, 0) is 16.6 Å². The van der Waals surface area contributed by atoms with Crippen LogP contribution in [0, 0.1) is 0 Å². The van der Waals surface area contributed by atoms with E-state index in [0.29, 0.717) is 6.54 Å². The van der Waals surface area contributed by atoms with Gasteiger partial charge in [-0.25, -0.2) is 8.42 Å². The van der Waals surface area contributed by atoms with Gasteiger partial charge in [-0.05, 0) is 23.6 Å². The molecule has 3 nitrogen and oxygen atoms in total. The third kappa shape index (κ3) is 3.12. The molecule has 0 saturated heterocycles. The molecule has 0 radical (unpaired) electrons. The molecule has 1 heterocycles. The summed E-state index contributed by atoms with van der Waals surface area (Å²) in [6.07, 6.45) is 0. The number of sulfonamides is 1. The highest BCUT2D eigenvalue weighted by Crippen LogP contribution is 2.31. The van der Waals surface area contributed by atoms with Crippen molar-refractivity contribution in [1.29, 1.82) is 0 Å². The van der Waals surface area contributed by atoms with Crippen LogP contribution in [-0.4, -0.2) is 19.8 Å². The molecular formula is C12H11Cl2NO2S2. The molecule has 102 valence electrons. The molecule has 0 unspecified atom stereocenters. The Balaban J connectivity index is 2.34. The summed E-state index contributed by atoms with van der Waals surface area (Å²) in [5.41, 5.74) is 0.